The number of aryl methyl sites for hydroxylation is 1. The molecule has 0 spiro atoms. The minimum atomic E-state index is -1.34. The van der Waals surface area contributed by atoms with Crippen LogP contribution in [-0.2, 0) is 20.3 Å². The van der Waals surface area contributed by atoms with Crippen molar-refractivity contribution < 1.29 is 18.5 Å². The first-order valence-corrected chi connectivity index (χ1v) is 8.64. The molecule has 2 N–H and O–H groups in total. The number of hydrogen-bond acceptors (Lipinski definition) is 4. The molecular formula is C16H20N2O4S. The van der Waals surface area contributed by atoms with Crippen LogP contribution in [0.4, 0.5) is 4.79 Å². The third kappa shape index (κ3) is 4.19. The molecule has 1 heterocycles. The zero-order valence-corrected chi connectivity index (χ0v) is 14.2. The summed E-state index contributed by atoms with van der Waals surface area (Å²) in [7, 11) is -1.34. The summed E-state index contributed by atoms with van der Waals surface area (Å²) < 4.78 is 17.6. The third-order valence-corrected chi connectivity index (χ3v) is 4.89. The van der Waals surface area contributed by atoms with Crippen LogP contribution in [0.2, 0.25) is 0 Å². The SMILES string of the molecule is CCOC(=O)C1=C(C)NC(=O)N[C@@H]1C[S@@](=O)c1ccc(C)cc1. The molecule has 0 saturated heterocycles. The van der Waals surface area contributed by atoms with Gasteiger partial charge in [0.05, 0.1) is 34.8 Å². The van der Waals surface area contributed by atoms with Crippen LogP contribution in [-0.4, -0.2) is 34.6 Å². The minimum Gasteiger partial charge on any atom is -0.463 e. The Morgan fingerprint density at radius 1 is 1.26 bits per heavy atom. The summed E-state index contributed by atoms with van der Waals surface area (Å²) in [5.74, 6) is -0.398. The first-order valence-electron chi connectivity index (χ1n) is 7.32. The second-order valence-corrected chi connectivity index (χ2v) is 6.73. The maximum absolute atomic E-state index is 12.5. The van der Waals surface area contributed by atoms with E-state index in [1.165, 1.54) is 0 Å². The Balaban J connectivity index is 2.22. The van der Waals surface area contributed by atoms with Crippen molar-refractivity contribution in [3.63, 3.8) is 0 Å². The van der Waals surface area contributed by atoms with E-state index in [4.69, 9.17) is 4.74 Å². The van der Waals surface area contributed by atoms with Crippen LogP contribution in [0.5, 0.6) is 0 Å². The van der Waals surface area contributed by atoms with Gasteiger partial charge in [0.25, 0.3) is 0 Å². The molecule has 0 fully saturated rings. The van der Waals surface area contributed by atoms with Gasteiger partial charge < -0.3 is 15.4 Å². The maximum atomic E-state index is 12.5. The van der Waals surface area contributed by atoms with Gasteiger partial charge in [0.1, 0.15) is 0 Å². The Kier molecular flexibility index (Phi) is 5.54. The van der Waals surface area contributed by atoms with Crippen LogP contribution in [0, 0.1) is 6.92 Å². The molecule has 0 radical (unpaired) electrons. The molecule has 1 aromatic rings. The van der Waals surface area contributed by atoms with Crippen LogP contribution < -0.4 is 10.6 Å². The van der Waals surface area contributed by atoms with Gasteiger partial charge in [-0.15, -0.1) is 0 Å². The van der Waals surface area contributed by atoms with Gasteiger partial charge >= 0.3 is 12.0 Å². The summed E-state index contributed by atoms with van der Waals surface area (Å²) in [6.07, 6.45) is 0. The first kappa shape index (κ1) is 17.2. The van der Waals surface area contributed by atoms with E-state index in [2.05, 4.69) is 10.6 Å². The zero-order valence-electron chi connectivity index (χ0n) is 13.3. The number of carbonyl (C=O) groups excluding carboxylic acids is 2. The fourth-order valence-electron chi connectivity index (χ4n) is 2.33. The van der Waals surface area contributed by atoms with Crippen LogP contribution in [0.1, 0.15) is 19.4 Å². The van der Waals surface area contributed by atoms with Crippen molar-refractivity contribution >= 4 is 22.8 Å². The molecule has 6 nitrogen and oxygen atoms in total. The van der Waals surface area contributed by atoms with E-state index < -0.39 is 28.8 Å². The molecule has 0 bridgehead atoms. The van der Waals surface area contributed by atoms with E-state index in [1.807, 2.05) is 19.1 Å². The lowest BCUT2D eigenvalue weighted by Crippen LogP contribution is -2.52. The van der Waals surface area contributed by atoms with Crippen LogP contribution in [0.3, 0.4) is 0 Å². The van der Waals surface area contributed by atoms with E-state index in [-0.39, 0.29) is 12.4 Å². The third-order valence-electron chi connectivity index (χ3n) is 3.46. The lowest BCUT2D eigenvalue weighted by Gasteiger charge is -2.27. The van der Waals surface area contributed by atoms with Gasteiger partial charge in [-0.1, -0.05) is 17.7 Å². The topological polar surface area (TPSA) is 84.5 Å². The molecular weight excluding hydrogens is 316 g/mol. The molecule has 7 heteroatoms. The molecule has 124 valence electrons. The Hall–Kier alpha value is -2.15. The molecule has 2 amide bonds. The van der Waals surface area contributed by atoms with Crippen molar-refractivity contribution in [2.24, 2.45) is 0 Å². The highest BCUT2D eigenvalue weighted by molar-refractivity contribution is 7.85. The molecule has 1 aromatic carbocycles. The Morgan fingerprint density at radius 3 is 2.52 bits per heavy atom. The summed E-state index contributed by atoms with van der Waals surface area (Å²) in [4.78, 5) is 24.4. The minimum absolute atomic E-state index is 0.113. The number of benzene rings is 1. The highest BCUT2D eigenvalue weighted by atomic mass is 32.2. The summed E-state index contributed by atoms with van der Waals surface area (Å²) in [6.45, 7) is 5.52. The molecule has 23 heavy (non-hydrogen) atoms. The van der Waals surface area contributed by atoms with Gasteiger partial charge in [-0.2, -0.15) is 0 Å². The molecule has 0 aromatic heterocycles. The monoisotopic (exact) mass is 336 g/mol. The second-order valence-electron chi connectivity index (χ2n) is 5.24. The van der Waals surface area contributed by atoms with Crippen LogP contribution >= 0.6 is 0 Å². The van der Waals surface area contributed by atoms with Crippen molar-refractivity contribution in [3.8, 4) is 0 Å². The normalized spacial score (nSPS) is 18.9. The average Bonchev–Trinajstić information content (AvgIpc) is 2.47. The Bertz CT molecular complexity index is 667. The summed E-state index contributed by atoms with van der Waals surface area (Å²) in [5, 5.41) is 5.20. The van der Waals surface area contributed by atoms with Crippen LogP contribution in [0.25, 0.3) is 0 Å². The number of allylic oxidation sites excluding steroid dienone is 1. The molecule has 0 saturated carbocycles. The molecule has 2 atom stereocenters. The van der Waals surface area contributed by atoms with Gasteiger partial charge in [-0.25, -0.2) is 9.59 Å². The zero-order chi connectivity index (χ0) is 17.0. The lowest BCUT2D eigenvalue weighted by molar-refractivity contribution is -0.138. The predicted molar refractivity (Wildman–Crippen MR) is 87.2 cm³/mol. The van der Waals surface area contributed by atoms with Crippen LogP contribution in [0.15, 0.2) is 40.4 Å². The highest BCUT2D eigenvalue weighted by Gasteiger charge is 2.32. The van der Waals surface area contributed by atoms with E-state index in [9.17, 15) is 13.8 Å². The van der Waals surface area contributed by atoms with E-state index in [0.717, 1.165) is 5.56 Å². The van der Waals surface area contributed by atoms with Crippen molar-refractivity contribution in [1.82, 2.24) is 10.6 Å². The van der Waals surface area contributed by atoms with Crippen molar-refractivity contribution in [2.45, 2.75) is 31.7 Å². The summed E-state index contributed by atoms with van der Waals surface area (Å²) in [6, 6.07) is 6.26. The van der Waals surface area contributed by atoms with Gasteiger partial charge in [0.15, 0.2) is 0 Å². The smallest absolute Gasteiger partial charge is 0.337 e. The number of amides is 2. The van der Waals surface area contributed by atoms with Gasteiger partial charge in [0, 0.05) is 10.6 Å². The average molecular weight is 336 g/mol. The van der Waals surface area contributed by atoms with Gasteiger partial charge in [0.2, 0.25) is 0 Å². The standard InChI is InChI=1S/C16H20N2O4S/c1-4-22-15(19)14-11(3)17-16(20)18-13(14)9-23(21)12-7-5-10(2)6-8-12/h5-8,13H,4,9H2,1-3H3,(H2,17,18,20)/t13-,23-/m1/s1. The number of carbonyl (C=O) groups is 2. The summed E-state index contributed by atoms with van der Waals surface area (Å²) >= 11 is 0. The Labute approximate surface area is 137 Å². The first-order chi connectivity index (χ1) is 10.9. The lowest BCUT2D eigenvalue weighted by atomic mass is 10.1. The fraction of sp³-hybridized carbons (Fsp3) is 0.375. The number of hydrogen-bond donors (Lipinski definition) is 2. The van der Waals surface area contributed by atoms with Crippen molar-refractivity contribution in [1.29, 1.82) is 0 Å². The predicted octanol–water partition coefficient (Wildman–Crippen LogP) is 1.62. The molecule has 0 aliphatic carbocycles. The highest BCUT2D eigenvalue weighted by Crippen LogP contribution is 2.18. The fourth-order valence-corrected chi connectivity index (χ4v) is 3.52. The Morgan fingerprint density at radius 2 is 1.91 bits per heavy atom. The van der Waals surface area contributed by atoms with Gasteiger partial charge in [-0.3, -0.25) is 4.21 Å². The second kappa shape index (κ2) is 7.41. The van der Waals surface area contributed by atoms with E-state index in [1.54, 1.807) is 26.0 Å². The van der Waals surface area contributed by atoms with Crippen molar-refractivity contribution in [2.75, 3.05) is 12.4 Å². The number of nitrogens with one attached hydrogen (secondary N) is 2. The van der Waals surface area contributed by atoms with E-state index in [0.29, 0.717) is 16.2 Å². The largest absolute Gasteiger partial charge is 0.463 e. The number of ether oxygens (including phenoxy) is 1. The number of urea groups is 1. The summed E-state index contributed by atoms with van der Waals surface area (Å²) in [5.41, 5.74) is 1.81. The number of esters is 1. The molecule has 1 aliphatic heterocycles. The maximum Gasteiger partial charge on any atom is 0.337 e. The molecule has 2 rings (SSSR count). The van der Waals surface area contributed by atoms with Gasteiger partial charge in [-0.05, 0) is 32.9 Å². The molecule has 1 aliphatic rings. The number of rotatable bonds is 5. The molecule has 0 unspecified atom stereocenters. The van der Waals surface area contributed by atoms with Crippen molar-refractivity contribution in [3.05, 3.63) is 41.1 Å². The van der Waals surface area contributed by atoms with E-state index >= 15 is 0 Å². The quantitative estimate of drug-likeness (QED) is 0.800.